The van der Waals surface area contributed by atoms with Gasteiger partial charge in [0.15, 0.2) is 0 Å². The summed E-state index contributed by atoms with van der Waals surface area (Å²) >= 11 is 0. The molecule has 2 aromatic rings. The van der Waals surface area contributed by atoms with Crippen LogP contribution in [-0.4, -0.2) is 24.1 Å². The fraction of sp³-hybridized carbons (Fsp3) is 0.333. The molecular weight excluding hydrogens is 236 g/mol. The van der Waals surface area contributed by atoms with Gasteiger partial charge < -0.3 is 10.2 Å². The second-order valence-corrected chi connectivity index (χ2v) is 4.52. The van der Waals surface area contributed by atoms with Crippen LogP contribution in [0.2, 0.25) is 0 Å². The molecule has 0 aliphatic rings. The molecule has 0 fully saturated rings. The Morgan fingerprint density at radius 3 is 2.42 bits per heavy atom. The second-order valence-electron chi connectivity index (χ2n) is 4.52. The quantitative estimate of drug-likeness (QED) is 0.912. The number of aryl methyl sites for hydroxylation is 2. The van der Waals surface area contributed by atoms with E-state index in [4.69, 9.17) is 0 Å². The molecule has 4 heteroatoms. The highest BCUT2D eigenvalue weighted by atomic mass is 15.2. The van der Waals surface area contributed by atoms with Gasteiger partial charge in [-0.2, -0.15) is 4.98 Å². The van der Waals surface area contributed by atoms with Crippen LogP contribution in [-0.2, 0) is 6.42 Å². The van der Waals surface area contributed by atoms with Gasteiger partial charge in [0, 0.05) is 31.5 Å². The van der Waals surface area contributed by atoms with Crippen LogP contribution >= 0.6 is 0 Å². The van der Waals surface area contributed by atoms with Crippen molar-refractivity contribution in [2.45, 2.75) is 20.3 Å². The van der Waals surface area contributed by atoms with E-state index in [0.717, 1.165) is 23.6 Å². The lowest BCUT2D eigenvalue weighted by Gasteiger charge is -2.19. The summed E-state index contributed by atoms with van der Waals surface area (Å²) in [6, 6.07) is 10.5. The van der Waals surface area contributed by atoms with Crippen molar-refractivity contribution in [2.75, 3.05) is 24.3 Å². The van der Waals surface area contributed by atoms with E-state index in [1.165, 1.54) is 5.56 Å². The predicted octanol–water partition coefficient (Wildman–Crippen LogP) is 3.16. The molecule has 0 atom stereocenters. The van der Waals surface area contributed by atoms with Crippen LogP contribution in [0.15, 0.2) is 30.3 Å². The SMILES string of the molecule is CCc1ccc(N(C)c2cc(C)nc(NC)n2)cc1. The molecule has 1 N–H and O–H groups in total. The lowest BCUT2D eigenvalue weighted by Crippen LogP contribution is -2.13. The second kappa shape index (κ2) is 5.69. The Balaban J connectivity index is 2.31. The molecule has 0 bridgehead atoms. The van der Waals surface area contributed by atoms with Crippen molar-refractivity contribution in [3.63, 3.8) is 0 Å². The van der Waals surface area contributed by atoms with Gasteiger partial charge in [-0.1, -0.05) is 19.1 Å². The Hall–Kier alpha value is -2.10. The third-order valence-corrected chi connectivity index (χ3v) is 3.14. The summed E-state index contributed by atoms with van der Waals surface area (Å²) in [5.74, 6) is 1.54. The Labute approximate surface area is 114 Å². The number of hydrogen-bond donors (Lipinski definition) is 1. The lowest BCUT2D eigenvalue weighted by atomic mass is 10.1. The first kappa shape index (κ1) is 13.3. The van der Waals surface area contributed by atoms with Crippen molar-refractivity contribution in [1.29, 1.82) is 0 Å². The summed E-state index contributed by atoms with van der Waals surface area (Å²) in [6.07, 6.45) is 1.06. The van der Waals surface area contributed by atoms with Gasteiger partial charge >= 0.3 is 0 Å². The molecule has 1 aromatic carbocycles. The third kappa shape index (κ3) is 3.02. The number of nitrogens with one attached hydrogen (secondary N) is 1. The van der Waals surface area contributed by atoms with Gasteiger partial charge in [-0.3, -0.25) is 0 Å². The molecule has 0 amide bonds. The zero-order valence-corrected chi connectivity index (χ0v) is 11.9. The zero-order chi connectivity index (χ0) is 13.8. The maximum absolute atomic E-state index is 4.47. The van der Waals surface area contributed by atoms with Crippen molar-refractivity contribution >= 4 is 17.5 Å². The third-order valence-electron chi connectivity index (χ3n) is 3.14. The highest BCUT2D eigenvalue weighted by Crippen LogP contribution is 2.23. The van der Waals surface area contributed by atoms with Crippen LogP contribution in [0.3, 0.4) is 0 Å². The number of anilines is 3. The molecule has 1 heterocycles. The monoisotopic (exact) mass is 256 g/mol. The summed E-state index contributed by atoms with van der Waals surface area (Å²) in [4.78, 5) is 10.8. The first-order valence-electron chi connectivity index (χ1n) is 6.50. The van der Waals surface area contributed by atoms with Crippen LogP contribution in [0.25, 0.3) is 0 Å². The molecule has 0 aliphatic carbocycles. The van der Waals surface area contributed by atoms with E-state index in [0.29, 0.717) is 5.95 Å². The summed E-state index contributed by atoms with van der Waals surface area (Å²) in [5.41, 5.74) is 3.41. The van der Waals surface area contributed by atoms with Gasteiger partial charge in [0.25, 0.3) is 0 Å². The van der Waals surface area contributed by atoms with Crippen LogP contribution in [0.1, 0.15) is 18.2 Å². The average Bonchev–Trinajstić information content (AvgIpc) is 2.46. The highest BCUT2D eigenvalue weighted by molar-refractivity contribution is 5.60. The zero-order valence-electron chi connectivity index (χ0n) is 11.9. The Kier molecular flexibility index (Phi) is 4.00. The smallest absolute Gasteiger partial charge is 0.224 e. The summed E-state index contributed by atoms with van der Waals surface area (Å²) in [7, 11) is 3.84. The normalized spacial score (nSPS) is 10.3. The topological polar surface area (TPSA) is 41.1 Å². The van der Waals surface area contributed by atoms with Gasteiger partial charge in [-0.05, 0) is 31.0 Å². The summed E-state index contributed by atoms with van der Waals surface area (Å²) in [6.45, 7) is 4.13. The molecule has 0 radical (unpaired) electrons. The maximum atomic E-state index is 4.47. The van der Waals surface area contributed by atoms with Crippen molar-refractivity contribution in [2.24, 2.45) is 0 Å². The van der Waals surface area contributed by atoms with Crippen LogP contribution < -0.4 is 10.2 Å². The Bertz CT molecular complexity index is 549. The molecule has 0 spiro atoms. The van der Waals surface area contributed by atoms with E-state index in [9.17, 15) is 0 Å². The molecule has 0 saturated heterocycles. The fourth-order valence-electron chi connectivity index (χ4n) is 1.92. The van der Waals surface area contributed by atoms with Crippen molar-refractivity contribution in [1.82, 2.24) is 9.97 Å². The number of aromatic nitrogens is 2. The van der Waals surface area contributed by atoms with Crippen molar-refractivity contribution in [3.05, 3.63) is 41.6 Å². The van der Waals surface area contributed by atoms with E-state index in [1.54, 1.807) is 0 Å². The molecule has 0 saturated carbocycles. The molecule has 0 aliphatic heterocycles. The van der Waals surface area contributed by atoms with E-state index in [-0.39, 0.29) is 0 Å². The largest absolute Gasteiger partial charge is 0.357 e. The van der Waals surface area contributed by atoms with Crippen LogP contribution in [0, 0.1) is 6.92 Å². The molecule has 2 rings (SSSR count). The van der Waals surface area contributed by atoms with Gasteiger partial charge in [0.05, 0.1) is 0 Å². The molecular formula is C15H20N4. The number of benzene rings is 1. The minimum absolute atomic E-state index is 0.645. The molecule has 100 valence electrons. The highest BCUT2D eigenvalue weighted by Gasteiger charge is 2.08. The first-order chi connectivity index (χ1) is 9.13. The van der Waals surface area contributed by atoms with Gasteiger partial charge in [-0.15, -0.1) is 0 Å². The number of hydrogen-bond acceptors (Lipinski definition) is 4. The molecule has 19 heavy (non-hydrogen) atoms. The predicted molar refractivity (Wildman–Crippen MR) is 80.2 cm³/mol. The minimum atomic E-state index is 0.645. The van der Waals surface area contributed by atoms with E-state index >= 15 is 0 Å². The Morgan fingerprint density at radius 2 is 1.84 bits per heavy atom. The molecule has 0 unspecified atom stereocenters. The van der Waals surface area contributed by atoms with Crippen molar-refractivity contribution in [3.8, 4) is 0 Å². The molecule has 4 nitrogen and oxygen atoms in total. The number of rotatable bonds is 4. The maximum Gasteiger partial charge on any atom is 0.224 e. The van der Waals surface area contributed by atoms with E-state index in [2.05, 4.69) is 51.4 Å². The standard InChI is InChI=1S/C15H20N4/c1-5-12-6-8-13(9-7-12)19(4)14-10-11(2)17-15(16-3)18-14/h6-10H,5H2,1-4H3,(H,16,17,18). The number of nitrogens with zero attached hydrogens (tertiary/aromatic N) is 3. The first-order valence-corrected chi connectivity index (χ1v) is 6.50. The minimum Gasteiger partial charge on any atom is -0.357 e. The van der Waals surface area contributed by atoms with Gasteiger partial charge in [0.2, 0.25) is 5.95 Å². The summed E-state index contributed by atoms with van der Waals surface area (Å²) in [5, 5.41) is 2.98. The van der Waals surface area contributed by atoms with Crippen LogP contribution in [0.4, 0.5) is 17.5 Å². The average molecular weight is 256 g/mol. The molecule has 1 aromatic heterocycles. The summed E-state index contributed by atoms with van der Waals surface area (Å²) < 4.78 is 0. The van der Waals surface area contributed by atoms with Crippen molar-refractivity contribution < 1.29 is 0 Å². The fourth-order valence-corrected chi connectivity index (χ4v) is 1.92. The Morgan fingerprint density at radius 1 is 1.16 bits per heavy atom. The van der Waals surface area contributed by atoms with E-state index in [1.807, 2.05) is 27.1 Å². The van der Waals surface area contributed by atoms with E-state index < -0.39 is 0 Å². The van der Waals surface area contributed by atoms with Gasteiger partial charge in [-0.25, -0.2) is 4.98 Å². The lowest BCUT2D eigenvalue weighted by molar-refractivity contribution is 1.04. The van der Waals surface area contributed by atoms with Crippen LogP contribution in [0.5, 0.6) is 0 Å². The van der Waals surface area contributed by atoms with Gasteiger partial charge in [0.1, 0.15) is 5.82 Å².